The highest BCUT2D eigenvalue weighted by atomic mass is 32.2. The normalized spacial score (nSPS) is 18.7. The SMILES string of the molecule is COc1cc2ccccc2cc1C(=O)NNC(=O)[C@H]1CCS(=O)(=O)C1. The first kappa shape index (κ1) is 17.2. The molecule has 0 aliphatic carbocycles. The van der Waals surface area contributed by atoms with Crippen LogP contribution in [-0.4, -0.2) is 38.8 Å². The van der Waals surface area contributed by atoms with Gasteiger partial charge in [0.2, 0.25) is 5.91 Å². The molecule has 0 saturated carbocycles. The van der Waals surface area contributed by atoms with Crippen molar-refractivity contribution in [1.29, 1.82) is 0 Å². The molecule has 3 rings (SSSR count). The second-order valence-corrected chi connectivity index (χ2v) is 8.17. The fourth-order valence-electron chi connectivity index (χ4n) is 2.86. The minimum absolute atomic E-state index is 0.00245. The molecule has 0 bridgehead atoms. The predicted molar refractivity (Wildman–Crippen MR) is 92.9 cm³/mol. The molecule has 1 fully saturated rings. The summed E-state index contributed by atoms with van der Waals surface area (Å²) in [5, 5.41) is 1.79. The molecule has 132 valence electrons. The van der Waals surface area contributed by atoms with Crippen LogP contribution in [0.4, 0.5) is 0 Å². The standard InChI is InChI=1S/C17H18N2O5S/c1-24-15-9-12-5-3-2-4-11(12)8-14(15)17(21)19-18-16(20)13-6-7-25(22,23)10-13/h2-5,8-9,13H,6-7,10H2,1H3,(H,18,20)(H,19,21)/t13-/m0/s1. The van der Waals surface area contributed by atoms with Gasteiger partial charge < -0.3 is 4.74 Å². The number of benzene rings is 2. The van der Waals surface area contributed by atoms with Gasteiger partial charge in [0.1, 0.15) is 5.75 Å². The first-order chi connectivity index (χ1) is 11.9. The Bertz CT molecular complexity index is 939. The first-order valence-corrected chi connectivity index (χ1v) is 9.59. The number of hydrogen-bond acceptors (Lipinski definition) is 5. The van der Waals surface area contributed by atoms with Crippen molar-refractivity contribution in [2.45, 2.75) is 6.42 Å². The van der Waals surface area contributed by atoms with E-state index in [-0.39, 0.29) is 23.5 Å². The highest BCUT2D eigenvalue weighted by molar-refractivity contribution is 7.91. The van der Waals surface area contributed by atoms with E-state index in [0.29, 0.717) is 5.75 Å². The lowest BCUT2D eigenvalue weighted by molar-refractivity contribution is -0.125. The van der Waals surface area contributed by atoms with Crippen LogP contribution in [0, 0.1) is 5.92 Å². The molecule has 1 heterocycles. The third-order valence-corrected chi connectivity index (χ3v) is 5.98. The van der Waals surface area contributed by atoms with Gasteiger partial charge in [-0.2, -0.15) is 0 Å². The second kappa shape index (κ2) is 6.72. The number of carbonyl (C=O) groups is 2. The van der Waals surface area contributed by atoms with Crippen LogP contribution in [0.5, 0.6) is 5.75 Å². The van der Waals surface area contributed by atoms with Crippen molar-refractivity contribution in [1.82, 2.24) is 10.9 Å². The van der Waals surface area contributed by atoms with Gasteiger partial charge >= 0.3 is 0 Å². The monoisotopic (exact) mass is 362 g/mol. The largest absolute Gasteiger partial charge is 0.496 e. The summed E-state index contributed by atoms with van der Waals surface area (Å²) in [5.74, 6) is -1.48. The number of amides is 2. The van der Waals surface area contributed by atoms with Crippen LogP contribution in [0.15, 0.2) is 36.4 Å². The number of rotatable bonds is 3. The molecule has 2 aromatic rings. The molecule has 0 spiro atoms. The summed E-state index contributed by atoms with van der Waals surface area (Å²) in [4.78, 5) is 24.4. The van der Waals surface area contributed by atoms with Crippen molar-refractivity contribution in [3.8, 4) is 5.75 Å². The van der Waals surface area contributed by atoms with E-state index < -0.39 is 27.6 Å². The van der Waals surface area contributed by atoms with Crippen LogP contribution < -0.4 is 15.6 Å². The summed E-state index contributed by atoms with van der Waals surface area (Å²) >= 11 is 0. The second-order valence-electron chi connectivity index (χ2n) is 5.94. The zero-order valence-corrected chi connectivity index (χ0v) is 14.4. The van der Waals surface area contributed by atoms with Crippen molar-refractivity contribution in [2.24, 2.45) is 5.92 Å². The summed E-state index contributed by atoms with van der Waals surface area (Å²) in [6, 6.07) is 10.9. The van der Waals surface area contributed by atoms with Crippen molar-refractivity contribution < 1.29 is 22.7 Å². The van der Waals surface area contributed by atoms with Crippen molar-refractivity contribution in [2.75, 3.05) is 18.6 Å². The van der Waals surface area contributed by atoms with E-state index in [1.54, 1.807) is 12.1 Å². The van der Waals surface area contributed by atoms with Crippen LogP contribution in [0.1, 0.15) is 16.8 Å². The van der Waals surface area contributed by atoms with Gasteiger partial charge in [-0.05, 0) is 29.3 Å². The lowest BCUT2D eigenvalue weighted by atomic mass is 10.1. The summed E-state index contributed by atoms with van der Waals surface area (Å²) in [6.45, 7) is 0. The summed E-state index contributed by atoms with van der Waals surface area (Å²) in [6.07, 6.45) is 0.267. The maximum atomic E-state index is 12.4. The molecule has 0 aromatic heterocycles. The Kier molecular flexibility index (Phi) is 4.63. The maximum absolute atomic E-state index is 12.4. The van der Waals surface area contributed by atoms with Crippen molar-refractivity contribution in [3.63, 3.8) is 0 Å². The Morgan fingerprint density at radius 1 is 1.12 bits per heavy atom. The number of fused-ring (bicyclic) bond motifs is 1. The van der Waals surface area contributed by atoms with E-state index in [4.69, 9.17) is 4.74 Å². The Balaban J connectivity index is 1.73. The van der Waals surface area contributed by atoms with Gasteiger partial charge in [-0.1, -0.05) is 24.3 Å². The molecular formula is C17H18N2O5S. The van der Waals surface area contributed by atoms with Gasteiger partial charge in [0.15, 0.2) is 9.84 Å². The summed E-state index contributed by atoms with van der Waals surface area (Å²) < 4.78 is 28.1. The Labute approximate surface area is 145 Å². The lowest BCUT2D eigenvalue weighted by Gasteiger charge is -2.13. The van der Waals surface area contributed by atoms with Gasteiger partial charge in [0.05, 0.1) is 30.1 Å². The van der Waals surface area contributed by atoms with Crippen LogP contribution in [0.25, 0.3) is 10.8 Å². The third kappa shape index (κ3) is 3.74. The van der Waals surface area contributed by atoms with E-state index in [0.717, 1.165) is 10.8 Å². The lowest BCUT2D eigenvalue weighted by Crippen LogP contribution is -2.44. The molecular weight excluding hydrogens is 344 g/mol. The molecule has 1 saturated heterocycles. The summed E-state index contributed by atoms with van der Waals surface area (Å²) in [5.41, 5.74) is 4.91. The number of ether oxygens (including phenoxy) is 1. The average molecular weight is 362 g/mol. The summed E-state index contributed by atoms with van der Waals surface area (Å²) in [7, 11) is -1.70. The van der Waals surface area contributed by atoms with E-state index in [1.807, 2.05) is 24.3 Å². The van der Waals surface area contributed by atoms with E-state index in [2.05, 4.69) is 10.9 Å². The molecule has 2 aromatic carbocycles. The highest BCUT2D eigenvalue weighted by Crippen LogP contribution is 2.25. The zero-order chi connectivity index (χ0) is 18.0. The predicted octanol–water partition coefficient (Wildman–Crippen LogP) is 1.04. The van der Waals surface area contributed by atoms with Gasteiger partial charge in [0.25, 0.3) is 5.91 Å². The zero-order valence-electron chi connectivity index (χ0n) is 13.6. The smallest absolute Gasteiger partial charge is 0.273 e. The molecule has 8 heteroatoms. The number of sulfone groups is 1. The molecule has 2 N–H and O–H groups in total. The molecule has 1 atom stereocenters. The fraction of sp³-hybridized carbons (Fsp3) is 0.294. The Morgan fingerprint density at radius 3 is 2.40 bits per heavy atom. The number of methoxy groups -OCH3 is 1. The maximum Gasteiger partial charge on any atom is 0.273 e. The van der Waals surface area contributed by atoms with Crippen molar-refractivity contribution in [3.05, 3.63) is 42.0 Å². The molecule has 1 aliphatic heterocycles. The van der Waals surface area contributed by atoms with Crippen LogP contribution in [0.3, 0.4) is 0 Å². The van der Waals surface area contributed by atoms with Gasteiger partial charge in [0, 0.05) is 0 Å². The minimum Gasteiger partial charge on any atom is -0.496 e. The van der Waals surface area contributed by atoms with E-state index >= 15 is 0 Å². The van der Waals surface area contributed by atoms with E-state index in [9.17, 15) is 18.0 Å². The molecule has 2 amide bonds. The number of nitrogens with one attached hydrogen (secondary N) is 2. The van der Waals surface area contributed by atoms with Crippen LogP contribution in [0.2, 0.25) is 0 Å². The van der Waals surface area contributed by atoms with E-state index in [1.165, 1.54) is 7.11 Å². The molecule has 1 aliphatic rings. The Morgan fingerprint density at radius 2 is 1.80 bits per heavy atom. The minimum atomic E-state index is -3.16. The molecule has 0 radical (unpaired) electrons. The van der Waals surface area contributed by atoms with Crippen LogP contribution in [-0.2, 0) is 14.6 Å². The topological polar surface area (TPSA) is 102 Å². The van der Waals surface area contributed by atoms with Crippen LogP contribution >= 0.6 is 0 Å². The van der Waals surface area contributed by atoms with Gasteiger partial charge in [-0.3, -0.25) is 20.4 Å². The molecule has 7 nitrogen and oxygen atoms in total. The molecule has 0 unspecified atom stereocenters. The quantitative estimate of drug-likeness (QED) is 0.795. The number of hydrazine groups is 1. The number of carbonyl (C=O) groups excluding carboxylic acids is 2. The average Bonchev–Trinajstić information content (AvgIpc) is 2.98. The van der Waals surface area contributed by atoms with Crippen molar-refractivity contribution >= 4 is 32.4 Å². The number of hydrogen-bond donors (Lipinski definition) is 2. The third-order valence-electron chi connectivity index (χ3n) is 4.21. The fourth-order valence-corrected chi connectivity index (χ4v) is 4.60. The van der Waals surface area contributed by atoms with Gasteiger partial charge in [-0.15, -0.1) is 0 Å². The first-order valence-electron chi connectivity index (χ1n) is 7.77. The molecule has 25 heavy (non-hydrogen) atoms. The highest BCUT2D eigenvalue weighted by Gasteiger charge is 2.33. The Hall–Kier alpha value is -2.61. The van der Waals surface area contributed by atoms with Gasteiger partial charge in [-0.25, -0.2) is 8.42 Å².